The minimum Gasteiger partial charge on any atom is -0.489 e. The van der Waals surface area contributed by atoms with Crippen LogP contribution in [-0.4, -0.2) is 43.5 Å². The fraction of sp³-hybridized carbons (Fsp3) is 0.333. The fourth-order valence-electron chi connectivity index (χ4n) is 3.06. The first-order valence-corrected chi connectivity index (χ1v) is 9.46. The minimum atomic E-state index is -0.293. The molecule has 0 unspecified atom stereocenters. The van der Waals surface area contributed by atoms with E-state index < -0.39 is 0 Å². The lowest BCUT2D eigenvalue weighted by Crippen LogP contribution is -2.47. The van der Waals surface area contributed by atoms with Gasteiger partial charge in [-0.3, -0.25) is 14.5 Å². The fourth-order valence-corrected chi connectivity index (χ4v) is 3.18. The van der Waals surface area contributed by atoms with Gasteiger partial charge in [0.25, 0.3) is 0 Å². The molecule has 0 aliphatic carbocycles. The molecule has 1 saturated heterocycles. The van der Waals surface area contributed by atoms with E-state index in [4.69, 9.17) is 21.1 Å². The summed E-state index contributed by atoms with van der Waals surface area (Å²) in [6, 6.07) is 13.2. The Kier molecular flexibility index (Phi) is 6.90. The molecule has 1 heterocycles. The van der Waals surface area contributed by atoms with Gasteiger partial charge >= 0.3 is 5.97 Å². The van der Waals surface area contributed by atoms with Gasteiger partial charge < -0.3 is 14.8 Å². The molecule has 28 heavy (non-hydrogen) atoms. The van der Waals surface area contributed by atoms with Crippen LogP contribution in [0.3, 0.4) is 0 Å². The molecule has 1 aliphatic heterocycles. The van der Waals surface area contributed by atoms with Gasteiger partial charge in [0.15, 0.2) is 0 Å². The van der Waals surface area contributed by atoms with E-state index in [1.165, 1.54) is 7.11 Å². The number of hydrogen-bond acceptors (Lipinski definition) is 5. The summed E-state index contributed by atoms with van der Waals surface area (Å²) in [6.07, 6.45) is 0.196. The lowest BCUT2D eigenvalue weighted by molar-refractivity contribution is -0.139. The first-order valence-electron chi connectivity index (χ1n) is 9.08. The number of amides is 1. The molecule has 6 nitrogen and oxygen atoms in total. The van der Waals surface area contributed by atoms with Crippen molar-refractivity contribution in [3.63, 3.8) is 0 Å². The average molecular weight is 403 g/mol. The number of carbonyl (C=O) groups is 2. The molecule has 1 N–H and O–H groups in total. The molecular formula is C21H23ClN2O4. The van der Waals surface area contributed by atoms with E-state index in [0.29, 0.717) is 31.3 Å². The molecule has 148 valence electrons. The monoisotopic (exact) mass is 402 g/mol. The number of benzene rings is 2. The molecule has 2 aromatic rings. The quantitative estimate of drug-likeness (QED) is 0.721. The third kappa shape index (κ3) is 5.71. The number of piperazine rings is 1. The van der Waals surface area contributed by atoms with Crippen LogP contribution in [0.25, 0.3) is 0 Å². The predicted molar refractivity (Wildman–Crippen MR) is 106 cm³/mol. The number of halogens is 1. The normalized spacial score (nSPS) is 14.4. The Morgan fingerprint density at radius 3 is 2.64 bits per heavy atom. The van der Waals surface area contributed by atoms with Crippen LogP contribution in [0.2, 0.25) is 5.02 Å². The van der Waals surface area contributed by atoms with Crippen molar-refractivity contribution in [2.45, 2.75) is 19.6 Å². The number of nitrogens with one attached hydrogen (secondary N) is 1. The molecule has 3 rings (SSSR count). The Hall–Kier alpha value is -2.57. The summed E-state index contributed by atoms with van der Waals surface area (Å²) in [5, 5.41) is 3.51. The van der Waals surface area contributed by atoms with E-state index in [1.54, 1.807) is 0 Å². The van der Waals surface area contributed by atoms with Crippen molar-refractivity contribution in [1.82, 2.24) is 10.2 Å². The average Bonchev–Trinajstić information content (AvgIpc) is 2.68. The Morgan fingerprint density at radius 1 is 1.18 bits per heavy atom. The summed E-state index contributed by atoms with van der Waals surface area (Å²) in [6.45, 7) is 2.71. The first kappa shape index (κ1) is 20.2. The Labute approximate surface area is 169 Å². The Balaban J connectivity index is 1.76. The zero-order chi connectivity index (χ0) is 19.9. The summed E-state index contributed by atoms with van der Waals surface area (Å²) >= 11 is 5.93. The van der Waals surface area contributed by atoms with Gasteiger partial charge in [-0.15, -0.1) is 0 Å². The van der Waals surface area contributed by atoms with E-state index >= 15 is 0 Å². The van der Waals surface area contributed by atoms with Crippen LogP contribution in [0, 0.1) is 0 Å². The highest BCUT2D eigenvalue weighted by Gasteiger charge is 2.18. The van der Waals surface area contributed by atoms with Crippen molar-refractivity contribution in [1.29, 1.82) is 0 Å². The molecule has 0 radical (unpaired) electrons. The summed E-state index contributed by atoms with van der Waals surface area (Å²) in [7, 11) is 1.37. The summed E-state index contributed by atoms with van der Waals surface area (Å²) in [5.74, 6) is 0.452. The number of carbonyl (C=O) groups excluding carboxylic acids is 2. The van der Waals surface area contributed by atoms with Crippen LogP contribution in [0.4, 0.5) is 0 Å². The van der Waals surface area contributed by atoms with Crippen LogP contribution < -0.4 is 10.1 Å². The second kappa shape index (κ2) is 9.57. The molecule has 0 spiro atoms. The van der Waals surface area contributed by atoms with E-state index in [1.807, 2.05) is 42.5 Å². The van der Waals surface area contributed by atoms with Crippen LogP contribution in [0.1, 0.15) is 16.7 Å². The van der Waals surface area contributed by atoms with Crippen LogP contribution in [0.15, 0.2) is 42.5 Å². The highest BCUT2D eigenvalue weighted by molar-refractivity contribution is 6.30. The van der Waals surface area contributed by atoms with Crippen molar-refractivity contribution in [3.8, 4) is 5.75 Å². The van der Waals surface area contributed by atoms with E-state index in [2.05, 4.69) is 10.2 Å². The second-order valence-corrected chi connectivity index (χ2v) is 7.11. The molecule has 0 bridgehead atoms. The zero-order valence-electron chi connectivity index (χ0n) is 15.7. The number of nitrogens with zero attached hydrogens (tertiary/aromatic N) is 1. The summed E-state index contributed by atoms with van der Waals surface area (Å²) in [4.78, 5) is 25.4. The number of hydrogen-bond donors (Lipinski definition) is 1. The number of rotatable bonds is 7. The maximum Gasteiger partial charge on any atom is 0.309 e. The standard InChI is InChI=1S/C21H23ClN2O4/c1-27-21(26)11-16-4-7-19(28-14-15-2-5-18(22)6-3-15)17(10-16)12-24-9-8-23-20(25)13-24/h2-7,10H,8-9,11-14H2,1H3,(H,23,25). The second-order valence-electron chi connectivity index (χ2n) is 6.67. The van der Waals surface area contributed by atoms with Gasteiger partial charge in [0.05, 0.1) is 20.1 Å². The third-order valence-electron chi connectivity index (χ3n) is 4.52. The van der Waals surface area contributed by atoms with Gasteiger partial charge in [0.2, 0.25) is 5.91 Å². The summed E-state index contributed by atoms with van der Waals surface area (Å²) < 4.78 is 10.8. The van der Waals surface area contributed by atoms with Crippen LogP contribution >= 0.6 is 11.6 Å². The number of esters is 1. The Bertz CT molecular complexity index is 839. The summed E-state index contributed by atoms with van der Waals surface area (Å²) in [5.41, 5.74) is 2.79. The van der Waals surface area contributed by atoms with Gasteiger partial charge in [-0.25, -0.2) is 0 Å². The minimum absolute atomic E-state index is 0.0144. The highest BCUT2D eigenvalue weighted by atomic mass is 35.5. The van der Waals surface area contributed by atoms with E-state index in [0.717, 1.165) is 29.0 Å². The lowest BCUT2D eigenvalue weighted by Gasteiger charge is -2.27. The molecule has 1 fully saturated rings. The first-order chi connectivity index (χ1) is 13.5. The van der Waals surface area contributed by atoms with E-state index in [-0.39, 0.29) is 18.3 Å². The van der Waals surface area contributed by atoms with Gasteiger partial charge in [-0.1, -0.05) is 35.9 Å². The maximum absolute atomic E-state index is 11.7. The number of ether oxygens (including phenoxy) is 2. The third-order valence-corrected chi connectivity index (χ3v) is 4.77. The SMILES string of the molecule is COC(=O)Cc1ccc(OCc2ccc(Cl)cc2)c(CN2CCNC(=O)C2)c1. The molecule has 1 aliphatic rings. The molecular weight excluding hydrogens is 380 g/mol. The molecule has 2 aromatic carbocycles. The topological polar surface area (TPSA) is 67.9 Å². The van der Waals surface area contributed by atoms with Crippen molar-refractivity contribution >= 4 is 23.5 Å². The van der Waals surface area contributed by atoms with Crippen molar-refractivity contribution < 1.29 is 19.1 Å². The lowest BCUT2D eigenvalue weighted by atomic mass is 10.1. The molecule has 0 atom stereocenters. The van der Waals surface area contributed by atoms with Gasteiger partial charge in [-0.2, -0.15) is 0 Å². The van der Waals surface area contributed by atoms with Gasteiger partial charge in [-0.05, 0) is 29.3 Å². The van der Waals surface area contributed by atoms with Crippen molar-refractivity contribution in [2.24, 2.45) is 0 Å². The van der Waals surface area contributed by atoms with Gasteiger partial charge in [0.1, 0.15) is 12.4 Å². The largest absolute Gasteiger partial charge is 0.489 e. The van der Waals surface area contributed by atoms with Gasteiger partial charge in [0, 0.05) is 30.2 Å². The van der Waals surface area contributed by atoms with Crippen molar-refractivity contribution in [2.75, 3.05) is 26.7 Å². The Morgan fingerprint density at radius 2 is 1.93 bits per heavy atom. The smallest absolute Gasteiger partial charge is 0.309 e. The van der Waals surface area contributed by atoms with Crippen molar-refractivity contribution in [3.05, 3.63) is 64.2 Å². The number of methoxy groups -OCH3 is 1. The molecule has 0 saturated carbocycles. The van der Waals surface area contributed by atoms with Crippen LogP contribution in [0.5, 0.6) is 5.75 Å². The molecule has 7 heteroatoms. The predicted octanol–water partition coefficient (Wildman–Crippen LogP) is 2.57. The van der Waals surface area contributed by atoms with Crippen LogP contribution in [-0.2, 0) is 33.9 Å². The zero-order valence-corrected chi connectivity index (χ0v) is 16.5. The maximum atomic E-state index is 11.7. The molecule has 1 amide bonds. The van der Waals surface area contributed by atoms with E-state index in [9.17, 15) is 9.59 Å². The highest BCUT2D eigenvalue weighted by Crippen LogP contribution is 2.24. The molecule has 0 aromatic heterocycles.